The molecule has 3 rings (SSSR count). The fourth-order valence-corrected chi connectivity index (χ4v) is 3.65. The van der Waals surface area contributed by atoms with Crippen molar-refractivity contribution in [2.75, 3.05) is 18.8 Å². The van der Waals surface area contributed by atoms with E-state index in [0.717, 1.165) is 37.3 Å². The number of nitrogens with one attached hydrogen (secondary N) is 3. The Hall–Kier alpha value is -3.06. The number of aromatic nitrogens is 2. The molecule has 0 aliphatic heterocycles. The average molecular weight is 422 g/mol. The number of carbonyl (C=O) groups is 1. The van der Waals surface area contributed by atoms with E-state index in [1.165, 1.54) is 4.90 Å². The number of nitrogens with zero attached hydrogens (tertiary/aromatic N) is 2. The molecule has 156 valence electrons. The minimum atomic E-state index is -0.159. The van der Waals surface area contributed by atoms with Crippen LogP contribution in [0.2, 0.25) is 0 Å². The number of amides is 1. The average Bonchev–Trinajstić information content (AvgIpc) is 3.31. The van der Waals surface area contributed by atoms with Gasteiger partial charge in [0, 0.05) is 29.7 Å². The first-order valence-corrected chi connectivity index (χ1v) is 11.1. The van der Waals surface area contributed by atoms with Crippen LogP contribution in [0.3, 0.4) is 0 Å². The number of aryl methyl sites for hydroxylation is 1. The number of thioether (sulfide) groups is 1. The summed E-state index contributed by atoms with van der Waals surface area (Å²) >= 11 is 1.83. The van der Waals surface area contributed by atoms with Crippen molar-refractivity contribution >= 4 is 23.6 Å². The van der Waals surface area contributed by atoms with Gasteiger partial charge in [0.1, 0.15) is 0 Å². The maximum atomic E-state index is 12.5. The predicted molar refractivity (Wildman–Crippen MR) is 123 cm³/mol. The largest absolute Gasteiger partial charge is 0.356 e. The summed E-state index contributed by atoms with van der Waals surface area (Å²) in [7, 11) is 0. The highest BCUT2D eigenvalue weighted by atomic mass is 32.2. The third-order valence-corrected chi connectivity index (χ3v) is 5.41. The van der Waals surface area contributed by atoms with Gasteiger partial charge in [-0.05, 0) is 49.3 Å². The molecular formula is C23H27N5OS. The second-order valence-corrected chi connectivity index (χ2v) is 7.82. The SMILES string of the molecule is O=C(NC(=NCCCc1c[nH]cn1)NCCCSc1ccccc1)c1ccccc1. The van der Waals surface area contributed by atoms with E-state index in [4.69, 9.17) is 0 Å². The molecule has 0 saturated carbocycles. The first kappa shape index (κ1) is 21.6. The lowest BCUT2D eigenvalue weighted by molar-refractivity contribution is 0.0975. The summed E-state index contributed by atoms with van der Waals surface area (Å²) in [5.74, 6) is 1.36. The lowest BCUT2D eigenvalue weighted by atomic mass is 10.2. The van der Waals surface area contributed by atoms with Gasteiger partial charge in [-0.15, -0.1) is 11.8 Å². The van der Waals surface area contributed by atoms with Crippen LogP contribution >= 0.6 is 11.8 Å². The van der Waals surface area contributed by atoms with Gasteiger partial charge in [-0.1, -0.05) is 36.4 Å². The van der Waals surface area contributed by atoms with Gasteiger partial charge < -0.3 is 10.3 Å². The lowest BCUT2D eigenvalue weighted by Gasteiger charge is -2.12. The Morgan fingerprint density at radius 1 is 1.03 bits per heavy atom. The number of benzene rings is 2. The smallest absolute Gasteiger partial charge is 0.257 e. The van der Waals surface area contributed by atoms with Crippen molar-refractivity contribution in [1.29, 1.82) is 0 Å². The topological polar surface area (TPSA) is 82.2 Å². The Balaban J connectivity index is 1.47. The third-order valence-electron chi connectivity index (χ3n) is 4.31. The summed E-state index contributed by atoms with van der Waals surface area (Å²) in [4.78, 5) is 25.5. The van der Waals surface area contributed by atoms with Crippen molar-refractivity contribution in [2.45, 2.75) is 24.2 Å². The molecule has 30 heavy (non-hydrogen) atoms. The fourth-order valence-electron chi connectivity index (χ4n) is 2.77. The summed E-state index contributed by atoms with van der Waals surface area (Å²) in [6.07, 6.45) is 6.25. The highest BCUT2D eigenvalue weighted by molar-refractivity contribution is 7.99. The highest BCUT2D eigenvalue weighted by Crippen LogP contribution is 2.17. The summed E-state index contributed by atoms with van der Waals surface area (Å²) in [5.41, 5.74) is 1.63. The van der Waals surface area contributed by atoms with Crippen molar-refractivity contribution in [1.82, 2.24) is 20.6 Å². The molecule has 6 nitrogen and oxygen atoms in total. The quantitative estimate of drug-likeness (QED) is 0.201. The zero-order valence-electron chi connectivity index (χ0n) is 16.9. The molecule has 1 aromatic heterocycles. The summed E-state index contributed by atoms with van der Waals surface area (Å²) in [6.45, 7) is 1.36. The lowest BCUT2D eigenvalue weighted by Crippen LogP contribution is -2.41. The van der Waals surface area contributed by atoms with Gasteiger partial charge in [0.25, 0.3) is 5.91 Å². The van der Waals surface area contributed by atoms with Gasteiger partial charge >= 0.3 is 0 Å². The molecule has 1 amide bonds. The van der Waals surface area contributed by atoms with Crippen molar-refractivity contribution in [3.8, 4) is 0 Å². The van der Waals surface area contributed by atoms with Gasteiger partial charge in [0.2, 0.25) is 0 Å². The minimum absolute atomic E-state index is 0.159. The Bertz CT molecular complexity index is 898. The monoisotopic (exact) mass is 421 g/mol. The van der Waals surface area contributed by atoms with Crippen LogP contribution in [0.4, 0.5) is 0 Å². The number of imidazole rings is 1. The van der Waals surface area contributed by atoms with Crippen molar-refractivity contribution in [2.24, 2.45) is 4.99 Å². The molecule has 0 radical (unpaired) electrons. The number of H-pyrrole nitrogens is 1. The number of hydrogen-bond donors (Lipinski definition) is 3. The first-order chi connectivity index (χ1) is 14.8. The number of rotatable bonds is 10. The molecule has 0 saturated heterocycles. The van der Waals surface area contributed by atoms with E-state index in [0.29, 0.717) is 18.1 Å². The van der Waals surface area contributed by atoms with E-state index in [1.54, 1.807) is 18.5 Å². The van der Waals surface area contributed by atoms with E-state index < -0.39 is 0 Å². The molecule has 0 unspecified atom stereocenters. The van der Waals surface area contributed by atoms with E-state index in [9.17, 15) is 4.79 Å². The molecule has 0 bridgehead atoms. The Morgan fingerprint density at radius 2 is 1.80 bits per heavy atom. The van der Waals surface area contributed by atoms with Crippen molar-refractivity contribution in [3.05, 3.63) is 84.4 Å². The Labute approximate surface area is 181 Å². The normalized spacial score (nSPS) is 11.3. The molecule has 3 aromatic rings. The highest BCUT2D eigenvalue weighted by Gasteiger charge is 2.08. The molecule has 0 atom stereocenters. The van der Waals surface area contributed by atoms with E-state index >= 15 is 0 Å². The Kier molecular flexibility index (Phi) is 9.01. The van der Waals surface area contributed by atoms with E-state index in [1.807, 2.05) is 54.4 Å². The summed E-state index contributed by atoms with van der Waals surface area (Å²) < 4.78 is 0. The second-order valence-electron chi connectivity index (χ2n) is 6.66. The van der Waals surface area contributed by atoms with Crippen LogP contribution < -0.4 is 10.6 Å². The number of aromatic amines is 1. The summed E-state index contributed by atoms with van der Waals surface area (Å²) in [5, 5.41) is 6.19. The van der Waals surface area contributed by atoms with Gasteiger partial charge in [0.05, 0.1) is 12.0 Å². The molecule has 3 N–H and O–H groups in total. The van der Waals surface area contributed by atoms with Crippen LogP contribution in [0.25, 0.3) is 0 Å². The number of guanidine groups is 1. The van der Waals surface area contributed by atoms with Crippen LogP contribution in [0.1, 0.15) is 28.9 Å². The van der Waals surface area contributed by atoms with Crippen LogP contribution in [-0.4, -0.2) is 40.7 Å². The van der Waals surface area contributed by atoms with Gasteiger partial charge in [-0.2, -0.15) is 0 Å². The number of hydrogen-bond acceptors (Lipinski definition) is 4. The zero-order valence-corrected chi connectivity index (χ0v) is 17.7. The Morgan fingerprint density at radius 3 is 2.53 bits per heavy atom. The molecular weight excluding hydrogens is 394 g/mol. The second kappa shape index (κ2) is 12.5. The molecule has 7 heteroatoms. The molecule has 0 spiro atoms. The zero-order chi connectivity index (χ0) is 20.9. The van der Waals surface area contributed by atoms with Gasteiger partial charge in [-0.3, -0.25) is 15.1 Å². The van der Waals surface area contributed by atoms with Gasteiger partial charge in [-0.25, -0.2) is 4.98 Å². The molecule has 0 fully saturated rings. The van der Waals surface area contributed by atoms with Crippen molar-refractivity contribution in [3.63, 3.8) is 0 Å². The third kappa shape index (κ3) is 7.75. The van der Waals surface area contributed by atoms with Crippen molar-refractivity contribution < 1.29 is 4.79 Å². The number of carbonyl (C=O) groups excluding carboxylic acids is 1. The molecule has 1 heterocycles. The van der Waals surface area contributed by atoms with E-state index in [-0.39, 0.29) is 5.91 Å². The van der Waals surface area contributed by atoms with Crippen LogP contribution in [0.5, 0.6) is 0 Å². The molecule has 0 aliphatic carbocycles. The van der Waals surface area contributed by atoms with Crippen LogP contribution in [0, 0.1) is 0 Å². The molecule has 2 aromatic carbocycles. The number of aliphatic imine (C=N–C) groups is 1. The summed E-state index contributed by atoms with van der Waals surface area (Å²) in [6, 6.07) is 19.5. The minimum Gasteiger partial charge on any atom is -0.356 e. The maximum Gasteiger partial charge on any atom is 0.257 e. The van der Waals surface area contributed by atoms with E-state index in [2.05, 4.69) is 37.7 Å². The fraction of sp³-hybridized carbons (Fsp3) is 0.261. The predicted octanol–water partition coefficient (Wildman–Crippen LogP) is 3.90. The van der Waals surface area contributed by atoms with Crippen LogP contribution in [-0.2, 0) is 6.42 Å². The maximum absolute atomic E-state index is 12.5. The van der Waals surface area contributed by atoms with Gasteiger partial charge in [0.15, 0.2) is 5.96 Å². The molecule has 0 aliphatic rings. The standard InChI is InChI=1S/C23H27N5OS/c29-22(19-9-3-1-4-10-19)28-23(25-14-7-11-20-17-24-18-27-20)26-15-8-16-30-21-12-5-2-6-13-21/h1-6,9-10,12-13,17-18H,7-8,11,14-16H2,(H,24,27)(H2,25,26,28,29). The van der Waals surface area contributed by atoms with Crippen LogP contribution in [0.15, 0.2) is 83.1 Å². The first-order valence-electron chi connectivity index (χ1n) is 10.1.